The molecule has 0 radical (unpaired) electrons. The van der Waals surface area contributed by atoms with Gasteiger partial charge >= 0.3 is 5.97 Å². The third-order valence-corrected chi connectivity index (χ3v) is 6.86. The van der Waals surface area contributed by atoms with Crippen LogP contribution in [-0.2, 0) is 19.1 Å². The predicted molar refractivity (Wildman–Crippen MR) is 121 cm³/mol. The van der Waals surface area contributed by atoms with E-state index in [0.29, 0.717) is 11.4 Å². The molecule has 1 saturated carbocycles. The largest absolute Gasteiger partial charge is 0.452 e. The summed E-state index contributed by atoms with van der Waals surface area (Å²) in [4.78, 5) is 52.1. The van der Waals surface area contributed by atoms with E-state index in [4.69, 9.17) is 4.74 Å². The Labute approximate surface area is 191 Å². The fraction of sp³-hybridized carbons (Fsp3) is 0.308. The number of carbonyl (C=O) groups is 4. The molecule has 4 atom stereocenters. The number of rotatable bonds is 5. The van der Waals surface area contributed by atoms with Crippen molar-refractivity contribution in [1.82, 2.24) is 0 Å². The average molecular weight is 444 g/mol. The molecule has 2 aromatic rings. The number of imide groups is 1. The lowest BCUT2D eigenvalue weighted by molar-refractivity contribution is -0.123. The topological polar surface area (TPSA) is 92.8 Å². The van der Waals surface area contributed by atoms with Crippen molar-refractivity contribution >= 4 is 35.1 Å². The number of hydrogen-bond acceptors (Lipinski definition) is 5. The van der Waals surface area contributed by atoms with Crippen molar-refractivity contribution in [3.8, 4) is 0 Å². The van der Waals surface area contributed by atoms with E-state index in [2.05, 4.69) is 11.4 Å². The van der Waals surface area contributed by atoms with Gasteiger partial charge in [-0.05, 0) is 68.0 Å². The van der Waals surface area contributed by atoms with E-state index in [1.165, 1.54) is 22.6 Å². The van der Waals surface area contributed by atoms with Gasteiger partial charge in [0.2, 0.25) is 11.8 Å². The number of benzene rings is 2. The smallest absolute Gasteiger partial charge is 0.338 e. The number of nitrogens with one attached hydrogen (secondary N) is 1. The first kappa shape index (κ1) is 21.1. The van der Waals surface area contributed by atoms with Crippen LogP contribution in [0.5, 0.6) is 0 Å². The molecule has 2 aliphatic carbocycles. The van der Waals surface area contributed by atoms with E-state index in [0.717, 1.165) is 12.0 Å². The number of fused-ring (bicyclic) bond motifs is 5. The molecule has 1 heterocycles. The van der Waals surface area contributed by atoms with Gasteiger partial charge in [-0.15, -0.1) is 0 Å². The average Bonchev–Trinajstić information content (AvgIpc) is 3.42. The van der Waals surface area contributed by atoms with Gasteiger partial charge in [-0.3, -0.25) is 14.4 Å². The first-order valence-corrected chi connectivity index (χ1v) is 11.0. The lowest BCUT2D eigenvalue weighted by Crippen LogP contribution is -2.33. The van der Waals surface area contributed by atoms with Crippen LogP contribution in [-0.4, -0.2) is 30.3 Å². The van der Waals surface area contributed by atoms with Gasteiger partial charge in [-0.2, -0.15) is 0 Å². The first-order valence-electron chi connectivity index (χ1n) is 11.0. The number of anilines is 2. The molecule has 0 unspecified atom stereocenters. The molecule has 5 rings (SSSR count). The van der Waals surface area contributed by atoms with E-state index in [9.17, 15) is 19.2 Å². The summed E-state index contributed by atoms with van der Waals surface area (Å²) in [5.41, 5.74) is 3.33. The fourth-order valence-electron chi connectivity index (χ4n) is 5.44. The lowest BCUT2D eigenvalue weighted by Gasteiger charge is -2.19. The molecule has 2 fully saturated rings. The quantitative estimate of drug-likeness (QED) is 0.433. The summed E-state index contributed by atoms with van der Waals surface area (Å²) in [6.45, 7) is 3.48. The number of ether oxygens (including phenoxy) is 1. The Morgan fingerprint density at radius 3 is 2.58 bits per heavy atom. The standard InChI is InChI=1S/C26H24N2O5/c1-14-5-3-7-18(9-14)27-21(29)13-33-26(32)16-6-4-8-19(11-16)28-24(30)22-17-10-15(2)20(12-17)23(22)25(28)31/h3-11,17,20,22-23H,12-13H2,1-2H3,(H,27,29)/t17-,20+,22-,23-/m0/s1. The third-order valence-electron chi connectivity index (χ3n) is 6.86. The number of amides is 3. The van der Waals surface area contributed by atoms with Gasteiger partial charge in [0, 0.05) is 5.69 Å². The Balaban J connectivity index is 1.26. The second-order valence-corrected chi connectivity index (χ2v) is 9.02. The number of aryl methyl sites for hydroxylation is 1. The zero-order chi connectivity index (χ0) is 23.3. The summed E-state index contributed by atoms with van der Waals surface area (Å²) in [6, 6.07) is 13.5. The zero-order valence-electron chi connectivity index (χ0n) is 18.4. The molecule has 2 aromatic carbocycles. The Kier molecular flexibility index (Phi) is 5.12. The van der Waals surface area contributed by atoms with Crippen LogP contribution in [0.15, 0.2) is 60.2 Å². The number of hydrogen-bond donors (Lipinski definition) is 1. The normalized spacial score (nSPS) is 25.2. The van der Waals surface area contributed by atoms with Gasteiger partial charge in [0.15, 0.2) is 6.61 Å². The van der Waals surface area contributed by atoms with Crippen molar-refractivity contribution < 1.29 is 23.9 Å². The van der Waals surface area contributed by atoms with Crippen LogP contribution < -0.4 is 10.2 Å². The van der Waals surface area contributed by atoms with Crippen LogP contribution in [0.4, 0.5) is 11.4 Å². The van der Waals surface area contributed by atoms with Crippen molar-refractivity contribution in [1.29, 1.82) is 0 Å². The second kappa shape index (κ2) is 7.99. The summed E-state index contributed by atoms with van der Waals surface area (Å²) in [7, 11) is 0. The minimum atomic E-state index is -0.701. The molecule has 7 heteroatoms. The number of nitrogens with zero attached hydrogens (tertiary/aromatic N) is 1. The molecule has 0 aromatic heterocycles. The van der Waals surface area contributed by atoms with Gasteiger partial charge in [0.25, 0.3) is 5.91 Å². The van der Waals surface area contributed by atoms with Crippen molar-refractivity contribution in [3.63, 3.8) is 0 Å². The van der Waals surface area contributed by atoms with Crippen LogP contribution >= 0.6 is 0 Å². The van der Waals surface area contributed by atoms with Crippen molar-refractivity contribution in [2.45, 2.75) is 20.3 Å². The molecule has 33 heavy (non-hydrogen) atoms. The van der Waals surface area contributed by atoms with Crippen LogP contribution in [0.2, 0.25) is 0 Å². The summed E-state index contributed by atoms with van der Waals surface area (Å²) in [5.74, 6) is -1.95. The molecule has 1 aliphatic heterocycles. The molecule has 7 nitrogen and oxygen atoms in total. The SMILES string of the molecule is CC1=C[C@H]2C[C@H]1[C@@H]1C(=O)N(c3cccc(C(=O)OCC(=O)Nc4cccc(C)c4)c3)C(=O)[C@H]12. The van der Waals surface area contributed by atoms with Gasteiger partial charge in [-0.1, -0.05) is 29.8 Å². The highest BCUT2D eigenvalue weighted by Gasteiger charge is 2.60. The lowest BCUT2D eigenvalue weighted by atomic mass is 9.82. The highest BCUT2D eigenvalue weighted by Crippen LogP contribution is 2.55. The Morgan fingerprint density at radius 1 is 1.03 bits per heavy atom. The predicted octanol–water partition coefficient (Wildman–Crippen LogP) is 3.49. The summed E-state index contributed by atoms with van der Waals surface area (Å²) >= 11 is 0. The van der Waals surface area contributed by atoms with Crippen molar-refractivity contribution in [2.75, 3.05) is 16.8 Å². The first-order chi connectivity index (χ1) is 15.8. The fourth-order valence-corrected chi connectivity index (χ4v) is 5.44. The molecule has 3 amide bonds. The number of carbonyl (C=O) groups excluding carboxylic acids is 4. The van der Waals surface area contributed by atoms with Gasteiger partial charge in [-0.25, -0.2) is 9.69 Å². The van der Waals surface area contributed by atoms with Crippen molar-refractivity contribution in [3.05, 3.63) is 71.3 Å². The molecule has 168 valence electrons. The second-order valence-electron chi connectivity index (χ2n) is 9.02. The molecular formula is C26H24N2O5. The van der Waals surface area contributed by atoms with E-state index in [1.807, 2.05) is 32.0 Å². The summed E-state index contributed by atoms with van der Waals surface area (Å²) < 4.78 is 5.15. The summed E-state index contributed by atoms with van der Waals surface area (Å²) in [5, 5.41) is 2.68. The molecule has 0 spiro atoms. The maximum Gasteiger partial charge on any atom is 0.338 e. The highest BCUT2D eigenvalue weighted by molar-refractivity contribution is 6.23. The Bertz CT molecular complexity index is 1220. The maximum atomic E-state index is 13.1. The van der Waals surface area contributed by atoms with Crippen LogP contribution in [0.3, 0.4) is 0 Å². The molecule has 3 aliphatic rings. The van der Waals surface area contributed by atoms with Crippen LogP contribution in [0, 0.1) is 30.6 Å². The maximum absolute atomic E-state index is 13.1. The van der Waals surface area contributed by atoms with Crippen LogP contribution in [0.1, 0.15) is 29.3 Å². The zero-order valence-corrected chi connectivity index (χ0v) is 18.4. The van der Waals surface area contributed by atoms with Gasteiger partial charge in [0.05, 0.1) is 23.1 Å². The monoisotopic (exact) mass is 444 g/mol. The molecule has 1 saturated heterocycles. The minimum Gasteiger partial charge on any atom is -0.452 e. The number of esters is 1. The van der Waals surface area contributed by atoms with Crippen molar-refractivity contribution in [2.24, 2.45) is 23.7 Å². The summed E-state index contributed by atoms with van der Waals surface area (Å²) in [6.07, 6.45) is 2.99. The molecule has 2 bridgehead atoms. The molecule has 1 N–H and O–H groups in total. The third kappa shape index (κ3) is 3.63. The Hall–Kier alpha value is -3.74. The van der Waals surface area contributed by atoms with E-state index in [1.54, 1.807) is 18.2 Å². The van der Waals surface area contributed by atoms with Gasteiger partial charge < -0.3 is 10.1 Å². The molecular weight excluding hydrogens is 420 g/mol. The van der Waals surface area contributed by atoms with E-state index < -0.39 is 18.5 Å². The highest BCUT2D eigenvalue weighted by atomic mass is 16.5. The van der Waals surface area contributed by atoms with E-state index >= 15 is 0 Å². The Morgan fingerprint density at radius 2 is 1.79 bits per heavy atom. The number of allylic oxidation sites excluding steroid dienone is 2. The van der Waals surface area contributed by atoms with Crippen LogP contribution in [0.25, 0.3) is 0 Å². The van der Waals surface area contributed by atoms with Gasteiger partial charge in [0.1, 0.15) is 0 Å². The van der Waals surface area contributed by atoms with E-state index in [-0.39, 0.29) is 41.0 Å². The minimum absolute atomic E-state index is 0.113.